The van der Waals surface area contributed by atoms with Crippen LogP contribution >= 0.6 is 0 Å². The minimum absolute atomic E-state index is 0.914. The Morgan fingerprint density at radius 3 is 2.57 bits per heavy atom. The first-order chi connectivity index (χ1) is 10.3. The molecule has 0 amide bonds. The Hall–Kier alpha value is -2.02. The Labute approximate surface area is 128 Å². The van der Waals surface area contributed by atoms with Gasteiger partial charge in [0.2, 0.25) is 0 Å². The van der Waals surface area contributed by atoms with Crippen LogP contribution in [0.25, 0.3) is 0 Å². The third-order valence-electron chi connectivity index (χ3n) is 3.48. The molecule has 0 unspecified atom stereocenters. The van der Waals surface area contributed by atoms with E-state index in [0.29, 0.717) is 0 Å². The lowest BCUT2D eigenvalue weighted by molar-refractivity contribution is 0.469. The van der Waals surface area contributed by atoms with Crippen LogP contribution in [-0.4, -0.2) is 0 Å². The van der Waals surface area contributed by atoms with Gasteiger partial charge in [0.05, 0.1) is 6.26 Å². The van der Waals surface area contributed by atoms with Crippen LogP contribution in [-0.2, 0) is 6.42 Å². The maximum atomic E-state index is 5.86. The summed E-state index contributed by atoms with van der Waals surface area (Å²) in [6.45, 7) is 4.31. The van der Waals surface area contributed by atoms with E-state index in [1.807, 2.05) is 18.4 Å². The normalized spacial score (nSPS) is 11.4. The van der Waals surface area contributed by atoms with E-state index in [1.165, 1.54) is 29.5 Å². The van der Waals surface area contributed by atoms with E-state index < -0.39 is 0 Å². The number of rotatable bonds is 7. The van der Waals surface area contributed by atoms with Crippen molar-refractivity contribution in [3.63, 3.8) is 0 Å². The molecule has 2 aromatic carbocycles. The summed E-state index contributed by atoms with van der Waals surface area (Å²) in [6, 6.07) is 18.8. The van der Waals surface area contributed by atoms with E-state index in [2.05, 4.69) is 56.3 Å². The van der Waals surface area contributed by atoms with Gasteiger partial charge in [0, 0.05) is 0 Å². The molecule has 0 atom stereocenters. The van der Waals surface area contributed by atoms with Crippen molar-refractivity contribution in [1.82, 2.24) is 0 Å². The second-order valence-corrected chi connectivity index (χ2v) is 5.48. The van der Waals surface area contributed by atoms with Crippen LogP contribution in [0.1, 0.15) is 37.3 Å². The lowest BCUT2D eigenvalue weighted by Gasteiger charge is -2.09. The fraction of sp³-hybridized carbons (Fsp3) is 0.300. The average Bonchev–Trinajstić information content (AvgIpc) is 2.51. The summed E-state index contributed by atoms with van der Waals surface area (Å²) in [6.07, 6.45) is 6.41. The summed E-state index contributed by atoms with van der Waals surface area (Å²) in [5, 5.41) is 0. The first-order valence-electron chi connectivity index (χ1n) is 7.73. The molecular weight excluding hydrogens is 256 g/mol. The van der Waals surface area contributed by atoms with Gasteiger partial charge < -0.3 is 4.74 Å². The highest BCUT2D eigenvalue weighted by Crippen LogP contribution is 2.18. The zero-order valence-electron chi connectivity index (χ0n) is 13.0. The van der Waals surface area contributed by atoms with Gasteiger partial charge in [-0.1, -0.05) is 55.8 Å². The summed E-state index contributed by atoms with van der Waals surface area (Å²) in [5.41, 5.74) is 3.91. The SMILES string of the molecule is CCCC/C(=C\Oc1cccc(C)c1)Cc1ccccc1. The first kappa shape index (κ1) is 15.4. The molecule has 0 fully saturated rings. The number of ether oxygens (including phenoxy) is 1. The fourth-order valence-corrected chi connectivity index (χ4v) is 2.29. The number of allylic oxidation sites excluding steroid dienone is 1. The van der Waals surface area contributed by atoms with Gasteiger partial charge >= 0.3 is 0 Å². The van der Waals surface area contributed by atoms with Gasteiger partial charge in [-0.2, -0.15) is 0 Å². The maximum absolute atomic E-state index is 5.86. The van der Waals surface area contributed by atoms with Crippen molar-refractivity contribution in [1.29, 1.82) is 0 Å². The second kappa shape index (κ2) is 8.31. The van der Waals surface area contributed by atoms with Gasteiger partial charge in [0.1, 0.15) is 5.75 Å². The molecule has 0 N–H and O–H groups in total. The molecule has 0 heterocycles. The summed E-state index contributed by atoms with van der Waals surface area (Å²) < 4.78 is 5.86. The fourth-order valence-electron chi connectivity index (χ4n) is 2.29. The van der Waals surface area contributed by atoms with Gasteiger partial charge in [-0.15, -0.1) is 0 Å². The van der Waals surface area contributed by atoms with Crippen molar-refractivity contribution in [2.75, 3.05) is 0 Å². The van der Waals surface area contributed by atoms with Crippen molar-refractivity contribution in [2.24, 2.45) is 0 Å². The Bertz CT molecular complexity index is 569. The minimum Gasteiger partial charge on any atom is -0.465 e. The van der Waals surface area contributed by atoms with Crippen molar-refractivity contribution >= 4 is 0 Å². The molecule has 21 heavy (non-hydrogen) atoms. The Morgan fingerprint density at radius 2 is 1.86 bits per heavy atom. The molecule has 2 rings (SSSR count). The summed E-state index contributed by atoms with van der Waals surface area (Å²) in [4.78, 5) is 0. The van der Waals surface area contributed by atoms with Gasteiger partial charge in [0.15, 0.2) is 0 Å². The highest BCUT2D eigenvalue weighted by atomic mass is 16.5. The maximum Gasteiger partial charge on any atom is 0.126 e. The van der Waals surface area contributed by atoms with E-state index >= 15 is 0 Å². The number of hydrogen-bond donors (Lipinski definition) is 0. The van der Waals surface area contributed by atoms with Crippen LogP contribution < -0.4 is 4.74 Å². The summed E-state index contributed by atoms with van der Waals surface area (Å²) in [5.74, 6) is 0.914. The van der Waals surface area contributed by atoms with E-state index in [9.17, 15) is 0 Å². The second-order valence-electron chi connectivity index (χ2n) is 5.48. The van der Waals surface area contributed by atoms with Gasteiger partial charge in [0.25, 0.3) is 0 Å². The molecule has 0 saturated heterocycles. The minimum atomic E-state index is 0.914. The largest absolute Gasteiger partial charge is 0.465 e. The van der Waals surface area contributed by atoms with E-state index in [0.717, 1.165) is 18.6 Å². The Morgan fingerprint density at radius 1 is 1.05 bits per heavy atom. The van der Waals surface area contributed by atoms with Crippen LogP contribution in [0.3, 0.4) is 0 Å². The van der Waals surface area contributed by atoms with Crippen molar-refractivity contribution in [2.45, 2.75) is 39.5 Å². The molecular formula is C20H24O. The first-order valence-corrected chi connectivity index (χ1v) is 7.73. The molecule has 0 aromatic heterocycles. The third-order valence-corrected chi connectivity index (χ3v) is 3.48. The zero-order valence-corrected chi connectivity index (χ0v) is 13.0. The molecule has 0 aliphatic rings. The quantitative estimate of drug-likeness (QED) is 0.592. The lowest BCUT2D eigenvalue weighted by Crippen LogP contribution is -1.95. The Balaban J connectivity index is 2.05. The van der Waals surface area contributed by atoms with E-state index in [4.69, 9.17) is 4.74 Å². The average molecular weight is 280 g/mol. The zero-order chi connectivity index (χ0) is 14.9. The number of aryl methyl sites for hydroxylation is 1. The smallest absolute Gasteiger partial charge is 0.126 e. The molecule has 0 spiro atoms. The molecule has 0 aliphatic carbocycles. The number of hydrogen-bond acceptors (Lipinski definition) is 1. The van der Waals surface area contributed by atoms with Crippen LogP contribution in [0.5, 0.6) is 5.75 Å². The molecule has 110 valence electrons. The highest BCUT2D eigenvalue weighted by Gasteiger charge is 2.01. The highest BCUT2D eigenvalue weighted by molar-refractivity contribution is 5.29. The molecule has 0 bridgehead atoms. The summed E-state index contributed by atoms with van der Waals surface area (Å²) in [7, 11) is 0. The summed E-state index contributed by atoms with van der Waals surface area (Å²) >= 11 is 0. The van der Waals surface area contributed by atoms with Gasteiger partial charge in [-0.25, -0.2) is 0 Å². The predicted octanol–water partition coefficient (Wildman–Crippen LogP) is 5.69. The number of unbranched alkanes of at least 4 members (excludes halogenated alkanes) is 1. The lowest BCUT2D eigenvalue weighted by atomic mass is 10.0. The van der Waals surface area contributed by atoms with E-state index in [-0.39, 0.29) is 0 Å². The molecule has 0 radical (unpaired) electrons. The standard InChI is InChI=1S/C20H24O/c1-3-4-10-19(15-18-11-6-5-7-12-18)16-21-20-13-8-9-17(2)14-20/h5-9,11-14,16H,3-4,10,15H2,1-2H3/b19-16+. The molecule has 0 saturated carbocycles. The monoisotopic (exact) mass is 280 g/mol. The van der Waals surface area contributed by atoms with Crippen LogP contribution in [0, 0.1) is 6.92 Å². The predicted molar refractivity (Wildman–Crippen MR) is 89.6 cm³/mol. The van der Waals surface area contributed by atoms with E-state index in [1.54, 1.807) is 0 Å². The van der Waals surface area contributed by atoms with Crippen molar-refractivity contribution in [3.8, 4) is 5.75 Å². The number of benzene rings is 2. The van der Waals surface area contributed by atoms with Gasteiger partial charge in [-0.05, 0) is 55.0 Å². The Kier molecular flexibility index (Phi) is 6.08. The molecule has 1 heteroatoms. The van der Waals surface area contributed by atoms with Crippen LogP contribution in [0.4, 0.5) is 0 Å². The third kappa shape index (κ3) is 5.47. The topological polar surface area (TPSA) is 9.23 Å². The molecule has 1 nitrogen and oxygen atoms in total. The van der Waals surface area contributed by atoms with Crippen molar-refractivity contribution < 1.29 is 4.74 Å². The van der Waals surface area contributed by atoms with Crippen LogP contribution in [0.2, 0.25) is 0 Å². The van der Waals surface area contributed by atoms with Gasteiger partial charge in [-0.3, -0.25) is 0 Å². The van der Waals surface area contributed by atoms with Crippen molar-refractivity contribution in [3.05, 3.63) is 77.6 Å². The molecule has 0 aliphatic heterocycles. The van der Waals surface area contributed by atoms with Crippen LogP contribution in [0.15, 0.2) is 66.4 Å². The molecule has 2 aromatic rings.